The predicted octanol–water partition coefficient (Wildman–Crippen LogP) is 1.30. The molecule has 4 heteroatoms. The van der Waals surface area contributed by atoms with Crippen molar-refractivity contribution in [3.8, 4) is 0 Å². The minimum atomic E-state index is -0.826. The highest BCUT2D eigenvalue weighted by Crippen LogP contribution is 2.46. The van der Waals surface area contributed by atoms with Crippen molar-refractivity contribution in [2.45, 2.75) is 20.3 Å². The molecule has 0 aliphatic heterocycles. The van der Waals surface area contributed by atoms with Gasteiger partial charge in [0, 0.05) is 5.41 Å². The molecule has 15 heavy (non-hydrogen) atoms. The van der Waals surface area contributed by atoms with Crippen LogP contribution in [0.25, 0.3) is 0 Å². The van der Waals surface area contributed by atoms with Gasteiger partial charge in [0.15, 0.2) is 5.92 Å². The smallest absolute Gasteiger partial charge is 0.320 e. The second-order valence-electron chi connectivity index (χ2n) is 4.19. The molecule has 0 bridgehead atoms. The van der Waals surface area contributed by atoms with Crippen molar-refractivity contribution in [1.82, 2.24) is 0 Å². The first-order chi connectivity index (χ1) is 6.92. The van der Waals surface area contributed by atoms with E-state index in [4.69, 9.17) is 0 Å². The molecule has 0 aromatic rings. The molecule has 0 spiro atoms. The SMILES string of the molecule is COC(=O)C(CC1=CC1(C)C)C(=O)OC. The molecule has 0 aromatic carbocycles. The number of esters is 2. The van der Waals surface area contributed by atoms with Crippen molar-refractivity contribution >= 4 is 11.9 Å². The van der Waals surface area contributed by atoms with E-state index in [1.807, 2.05) is 19.9 Å². The third kappa shape index (κ3) is 2.58. The van der Waals surface area contributed by atoms with Crippen molar-refractivity contribution in [1.29, 1.82) is 0 Å². The second-order valence-corrected chi connectivity index (χ2v) is 4.19. The third-order valence-corrected chi connectivity index (χ3v) is 2.67. The Morgan fingerprint density at radius 1 is 1.27 bits per heavy atom. The van der Waals surface area contributed by atoms with E-state index >= 15 is 0 Å². The van der Waals surface area contributed by atoms with Gasteiger partial charge in [0.05, 0.1) is 14.2 Å². The fraction of sp³-hybridized carbons (Fsp3) is 0.636. The largest absolute Gasteiger partial charge is 0.468 e. The van der Waals surface area contributed by atoms with Gasteiger partial charge in [-0.05, 0) is 6.42 Å². The van der Waals surface area contributed by atoms with Crippen molar-refractivity contribution in [3.05, 3.63) is 11.6 Å². The summed E-state index contributed by atoms with van der Waals surface area (Å²) in [5.41, 5.74) is 1.14. The lowest BCUT2D eigenvalue weighted by Gasteiger charge is -2.12. The van der Waals surface area contributed by atoms with E-state index in [9.17, 15) is 9.59 Å². The van der Waals surface area contributed by atoms with Gasteiger partial charge in [-0.1, -0.05) is 25.5 Å². The van der Waals surface area contributed by atoms with Crippen LogP contribution in [-0.2, 0) is 19.1 Å². The van der Waals surface area contributed by atoms with Crippen molar-refractivity contribution < 1.29 is 19.1 Å². The van der Waals surface area contributed by atoms with Crippen LogP contribution in [-0.4, -0.2) is 26.2 Å². The van der Waals surface area contributed by atoms with Gasteiger partial charge in [0.25, 0.3) is 0 Å². The van der Waals surface area contributed by atoms with E-state index < -0.39 is 17.9 Å². The van der Waals surface area contributed by atoms with Gasteiger partial charge in [0.2, 0.25) is 0 Å². The molecule has 0 atom stereocenters. The summed E-state index contributed by atoms with van der Waals surface area (Å²) in [7, 11) is 2.54. The molecule has 0 N–H and O–H groups in total. The summed E-state index contributed by atoms with van der Waals surface area (Å²) < 4.78 is 9.13. The van der Waals surface area contributed by atoms with Gasteiger partial charge in [0.1, 0.15) is 0 Å². The summed E-state index contributed by atoms with van der Waals surface area (Å²) in [4.78, 5) is 22.7. The van der Waals surface area contributed by atoms with Crippen LogP contribution in [0.5, 0.6) is 0 Å². The highest BCUT2D eigenvalue weighted by molar-refractivity contribution is 5.95. The van der Waals surface area contributed by atoms with Crippen LogP contribution in [0.4, 0.5) is 0 Å². The number of carbonyl (C=O) groups excluding carboxylic acids is 2. The summed E-state index contributed by atoms with van der Waals surface area (Å²) in [6, 6.07) is 0. The van der Waals surface area contributed by atoms with Crippen LogP contribution in [0, 0.1) is 11.3 Å². The van der Waals surface area contributed by atoms with E-state index in [-0.39, 0.29) is 5.41 Å². The molecule has 0 heterocycles. The van der Waals surface area contributed by atoms with Gasteiger partial charge in [-0.3, -0.25) is 9.59 Å². The molecule has 0 aromatic heterocycles. The maximum absolute atomic E-state index is 11.3. The van der Waals surface area contributed by atoms with E-state index in [0.29, 0.717) is 6.42 Å². The van der Waals surface area contributed by atoms with Gasteiger partial charge >= 0.3 is 11.9 Å². The van der Waals surface area contributed by atoms with Crippen molar-refractivity contribution in [3.63, 3.8) is 0 Å². The first kappa shape index (κ1) is 11.8. The summed E-state index contributed by atoms with van der Waals surface area (Å²) >= 11 is 0. The zero-order valence-electron chi connectivity index (χ0n) is 9.49. The molecule has 0 saturated heterocycles. The number of ether oxygens (including phenoxy) is 2. The molecule has 1 aliphatic carbocycles. The number of allylic oxidation sites excluding steroid dienone is 2. The fourth-order valence-electron chi connectivity index (χ4n) is 1.49. The monoisotopic (exact) mass is 212 g/mol. The van der Waals surface area contributed by atoms with Crippen LogP contribution < -0.4 is 0 Å². The topological polar surface area (TPSA) is 52.6 Å². The average Bonchev–Trinajstić information content (AvgIpc) is 2.80. The minimum absolute atomic E-state index is 0.0420. The Labute approximate surface area is 89.2 Å². The summed E-state index contributed by atoms with van der Waals surface area (Å²) in [6.45, 7) is 4.07. The Morgan fingerprint density at radius 2 is 1.67 bits per heavy atom. The van der Waals surface area contributed by atoms with Crippen LogP contribution >= 0.6 is 0 Å². The first-order valence-electron chi connectivity index (χ1n) is 4.80. The maximum Gasteiger partial charge on any atom is 0.320 e. The fourth-order valence-corrected chi connectivity index (χ4v) is 1.49. The van der Waals surface area contributed by atoms with Gasteiger partial charge in [-0.25, -0.2) is 0 Å². The summed E-state index contributed by atoms with van der Waals surface area (Å²) in [6.07, 6.45) is 2.43. The normalized spacial score (nSPS) is 17.0. The zero-order chi connectivity index (χ0) is 11.6. The summed E-state index contributed by atoms with van der Waals surface area (Å²) in [5.74, 6) is -1.90. The highest BCUT2D eigenvalue weighted by Gasteiger charge is 2.39. The van der Waals surface area contributed by atoms with Crippen LogP contribution in [0.2, 0.25) is 0 Å². The molecule has 0 amide bonds. The zero-order valence-corrected chi connectivity index (χ0v) is 9.49. The number of hydrogen-bond acceptors (Lipinski definition) is 4. The molecule has 4 nitrogen and oxygen atoms in total. The third-order valence-electron chi connectivity index (χ3n) is 2.67. The molecule has 0 fully saturated rings. The lowest BCUT2D eigenvalue weighted by molar-refractivity contribution is -0.158. The van der Waals surface area contributed by atoms with Crippen molar-refractivity contribution in [2.75, 3.05) is 14.2 Å². The van der Waals surface area contributed by atoms with Gasteiger partial charge < -0.3 is 9.47 Å². The molecule has 84 valence electrons. The number of rotatable bonds is 4. The minimum Gasteiger partial charge on any atom is -0.468 e. The van der Waals surface area contributed by atoms with Crippen molar-refractivity contribution in [2.24, 2.45) is 11.3 Å². The lowest BCUT2D eigenvalue weighted by atomic mass is 9.97. The highest BCUT2D eigenvalue weighted by atomic mass is 16.5. The number of carbonyl (C=O) groups is 2. The lowest BCUT2D eigenvalue weighted by Crippen LogP contribution is -2.26. The van der Waals surface area contributed by atoms with E-state index in [0.717, 1.165) is 5.57 Å². The molecular weight excluding hydrogens is 196 g/mol. The molecule has 0 radical (unpaired) electrons. The molecule has 1 aliphatic rings. The molecule has 0 unspecified atom stereocenters. The Hall–Kier alpha value is -1.32. The van der Waals surface area contributed by atoms with E-state index in [2.05, 4.69) is 9.47 Å². The molecule has 1 rings (SSSR count). The van der Waals surface area contributed by atoms with E-state index in [1.165, 1.54) is 14.2 Å². The molecule has 0 saturated carbocycles. The Balaban J connectivity index is 2.63. The Morgan fingerprint density at radius 3 is 1.93 bits per heavy atom. The first-order valence-corrected chi connectivity index (χ1v) is 4.80. The quantitative estimate of drug-likeness (QED) is 0.400. The van der Waals surface area contributed by atoms with E-state index in [1.54, 1.807) is 0 Å². The van der Waals surface area contributed by atoms with Crippen LogP contribution in [0.1, 0.15) is 20.3 Å². The standard InChI is InChI=1S/C11H16O4/c1-11(2)6-7(11)5-8(9(12)14-3)10(13)15-4/h6,8H,5H2,1-4H3. The number of methoxy groups -OCH3 is 2. The Kier molecular flexibility index (Phi) is 3.17. The maximum atomic E-state index is 11.3. The average molecular weight is 212 g/mol. The van der Waals surface area contributed by atoms with Gasteiger partial charge in [-0.15, -0.1) is 0 Å². The predicted molar refractivity (Wildman–Crippen MR) is 54.0 cm³/mol. The second kappa shape index (κ2) is 4.04. The van der Waals surface area contributed by atoms with Gasteiger partial charge in [-0.2, -0.15) is 0 Å². The molecular formula is C11H16O4. The number of hydrogen-bond donors (Lipinski definition) is 0. The Bertz CT molecular complexity index is 299. The van der Waals surface area contributed by atoms with Crippen LogP contribution in [0.15, 0.2) is 11.6 Å². The van der Waals surface area contributed by atoms with Crippen LogP contribution in [0.3, 0.4) is 0 Å². The summed E-state index contributed by atoms with van der Waals surface area (Å²) in [5, 5.41) is 0.